The second-order valence-electron chi connectivity index (χ2n) is 7.10. The molecule has 7 nitrogen and oxygen atoms in total. The van der Waals surface area contributed by atoms with Gasteiger partial charge in [0.2, 0.25) is 11.8 Å². The van der Waals surface area contributed by atoms with Crippen LogP contribution in [-0.2, 0) is 14.4 Å². The first-order valence-electron chi connectivity index (χ1n) is 9.28. The third kappa shape index (κ3) is 4.91. The van der Waals surface area contributed by atoms with Crippen LogP contribution in [0, 0.1) is 31.4 Å². The van der Waals surface area contributed by atoms with Gasteiger partial charge in [-0.2, -0.15) is 0 Å². The Morgan fingerprint density at radius 3 is 2.63 bits per heavy atom. The summed E-state index contributed by atoms with van der Waals surface area (Å²) in [6.07, 6.45) is -0.155. The molecule has 3 rings (SSSR count). The van der Waals surface area contributed by atoms with Crippen LogP contribution in [0.3, 0.4) is 0 Å². The van der Waals surface area contributed by atoms with Crippen LogP contribution < -0.4 is 20.5 Å². The van der Waals surface area contributed by atoms with Gasteiger partial charge in [0.15, 0.2) is 6.61 Å². The lowest BCUT2D eigenvalue weighted by Crippen LogP contribution is -2.46. The Bertz CT molecular complexity index is 996. The first-order chi connectivity index (χ1) is 14.2. The average molecular weight is 417 g/mol. The van der Waals surface area contributed by atoms with E-state index in [9.17, 15) is 23.2 Å². The number of nitrogens with zero attached hydrogens (tertiary/aromatic N) is 1. The molecule has 2 aromatic carbocycles. The molecule has 1 aliphatic heterocycles. The van der Waals surface area contributed by atoms with Crippen LogP contribution in [0.25, 0.3) is 0 Å². The van der Waals surface area contributed by atoms with Gasteiger partial charge in [0, 0.05) is 19.0 Å². The summed E-state index contributed by atoms with van der Waals surface area (Å²) in [5.74, 6) is -3.50. The van der Waals surface area contributed by atoms with Gasteiger partial charge in [-0.05, 0) is 43.2 Å². The summed E-state index contributed by atoms with van der Waals surface area (Å²) in [5.41, 5.74) is 6.25. The van der Waals surface area contributed by atoms with E-state index in [0.717, 1.165) is 28.2 Å². The maximum absolute atomic E-state index is 13.9. The molecule has 158 valence electrons. The van der Waals surface area contributed by atoms with Crippen molar-refractivity contribution in [2.75, 3.05) is 18.1 Å². The number of nitrogens with one attached hydrogen (secondary N) is 2. The average Bonchev–Trinajstić information content (AvgIpc) is 3.08. The van der Waals surface area contributed by atoms with Crippen molar-refractivity contribution < 1.29 is 27.9 Å². The molecule has 1 heterocycles. The molecule has 1 unspecified atom stereocenters. The fourth-order valence-electron chi connectivity index (χ4n) is 3.09. The van der Waals surface area contributed by atoms with E-state index < -0.39 is 35.3 Å². The predicted molar refractivity (Wildman–Crippen MR) is 105 cm³/mol. The summed E-state index contributed by atoms with van der Waals surface area (Å²) in [6, 6.07) is 8.45. The van der Waals surface area contributed by atoms with Gasteiger partial charge in [-0.3, -0.25) is 25.2 Å². The minimum atomic E-state index is -0.888. The van der Waals surface area contributed by atoms with Crippen LogP contribution in [0.4, 0.5) is 14.5 Å². The monoisotopic (exact) mass is 417 g/mol. The number of hydrazine groups is 1. The Balaban J connectivity index is 1.50. The van der Waals surface area contributed by atoms with E-state index in [1.807, 2.05) is 26.0 Å². The summed E-state index contributed by atoms with van der Waals surface area (Å²) in [6.45, 7) is 3.36. The second-order valence-corrected chi connectivity index (χ2v) is 7.10. The van der Waals surface area contributed by atoms with E-state index >= 15 is 0 Å². The number of carbonyl (C=O) groups excluding carboxylic acids is 3. The zero-order valence-corrected chi connectivity index (χ0v) is 16.5. The molecular formula is C21H21F2N3O4. The molecule has 9 heteroatoms. The highest BCUT2D eigenvalue weighted by Gasteiger charge is 2.36. The topological polar surface area (TPSA) is 87.7 Å². The number of amides is 3. The molecule has 0 bridgehead atoms. The Morgan fingerprint density at radius 1 is 1.13 bits per heavy atom. The van der Waals surface area contributed by atoms with Crippen LogP contribution in [-0.4, -0.2) is 30.9 Å². The van der Waals surface area contributed by atoms with Gasteiger partial charge in [-0.1, -0.05) is 12.1 Å². The van der Waals surface area contributed by atoms with Crippen molar-refractivity contribution in [1.82, 2.24) is 10.9 Å². The number of hydrogen-bond donors (Lipinski definition) is 2. The van der Waals surface area contributed by atoms with Gasteiger partial charge in [0.25, 0.3) is 5.91 Å². The first kappa shape index (κ1) is 21.2. The lowest BCUT2D eigenvalue weighted by Gasteiger charge is -2.17. The highest BCUT2D eigenvalue weighted by Crippen LogP contribution is 2.28. The van der Waals surface area contributed by atoms with E-state index in [2.05, 4.69) is 10.9 Å². The zero-order valence-electron chi connectivity index (χ0n) is 16.5. The number of ether oxygens (including phenoxy) is 1. The van der Waals surface area contributed by atoms with Gasteiger partial charge in [0.1, 0.15) is 17.4 Å². The molecule has 0 radical (unpaired) electrons. The lowest BCUT2D eigenvalue weighted by molar-refractivity contribution is -0.132. The van der Waals surface area contributed by atoms with E-state index in [0.29, 0.717) is 11.8 Å². The lowest BCUT2D eigenvalue weighted by atomic mass is 10.1. The van der Waals surface area contributed by atoms with Crippen molar-refractivity contribution in [3.8, 4) is 5.75 Å². The number of rotatable bonds is 5. The maximum Gasteiger partial charge on any atom is 0.276 e. The molecule has 1 aliphatic rings. The van der Waals surface area contributed by atoms with Crippen molar-refractivity contribution in [2.24, 2.45) is 5.92 Å². The van der Waals surface area contributed by atoms with E-state index in [4.69, 9.17) is 4.74 Å². The van der Waals surface area contributed by atoms with Crippen molar-refractivity contribution in [3.05, 3.63) is 59.2 Å². The van der Waals surface area contributed by atoms with Crippen molar-refractivity contribution in [1.29, 1.82) is 0 Å². The van der Waals surface area contributed by atoms with E-state index in [1.165, 1.54) is 0 Å². The summed E-state index contributed by atoms with van der Waals surface area (Å²) >= 11 is 0. The first-order valence-corrected chi connectivity index (χ1v) is 9.28. The quantitative estimate of drug-likeness (QED) is 0.730. The number of carbonyl (C=O) groups is 3. The summed E-state index contributed by atoms with van der Waals surface area (Å²) in [4.78, 5) is 37.5. The van der Waals surface area contributed by atoms with Gasteiger partial charge in [-0.15, -0.1) is 0 Å². The number of aryl methyl sites for hydroxylation is 2. The van der Waals surface area contributed by atoms with Crippen LogP contribution in [0.1, 0.15) is 17.5 Å². The second kappa shape index (κ2) is 8.89. The molecule has 0 aliphatic carbocycles. The van der Waals surface area contributed by atoms with Crippen molar-refractivity contribution in [3.63, 3.8) is 0 Å². The number of halogens is 2. The molecule has 1 saturated heterocycles. The number of hydrogen-bond acceptors (Lipinski definition) is 4. The van der Waals surface area contributed by atoms with E-state index in [-0.39, 0.29) is 25.3 Å². The van der Waals surface area contributed by atoms with Gasteiger partial charge >= 0.3 is 0 Å². The molecule has 1 atom stereocenters. The molecule has 0 saturated carbocycles. The summed E-state index contributed by atoms with van der Waals surface area (Å²) < 4.78 is 32.5. The number of benzene rings is 2. The Labute approximate surface area is 172 Å². The van der Waals surface area contributed by atoms with E-state index in [1.54, 1.807) is 6.07 Å². The van der Waals surface area contributed by atoms with Crippen molar-refractivity contribution >= 4 is 23.4 Å². The molecule has 0 spiro atoms. The highest BCUT2D eigenvalue weighted by atomic mass is 19.1. The molecular weight excluding hydrogens is 396 g/mol. The van der Waals surface area contributed by atoms with Crippen LogP contribution in [0.5, 0.6) is 5.75 Å². The van der Waals surface area contributed by atoms with Crippen LogP contribution >= 0.6 is 0 Å². The Hall–Kier alpha value is -3.49. The smallest absolute Gasteiger partial charge is 0.276 e. The summed E-state index contributed by atoms with van der Waals surface area (Å²) in [5, 5.41) is 0. The van der Waals surface area contributed by atoms with Crippen molar-refractivity contribution in [2.45, 2.75) is 20.3 Å². The summed E-state index contributed by atoms with van der Waals surface area (Å²) in [7, 11) is 0. The predicted octanol–water partition coefficient (Wildman–Crippen LogP) is 2.16. The maximum atomic E-state index is 13.9. The fourth-order valence-corrected chi connectivity index (χ4v) is 3.09. The minimum absolute atomic E-state index is 0.0813. The SMILES string of the molecule is Cc1ccc(C)c(OCC(=O)NNC(=O)C2CC(=O)N(c3ccc(F)cc3F)C2)c1. The molecule has 30 heavy (non-hydrogen) atoms. The highest BCUT2D eigenvalue weighted by molar-refractivity contribution is 6.00. The molecule has 0 aromatic heterocycles. The van der Waals surface area contributed by atoms with Gasteiger partial charge < -0.3 is 9.64 Å². The standard InChI is InChI=1S/C21H21F2N3O4/c1-12-3-4-13(2)18(7-12)30-11-19(27)24-25-21(29)14-8-20(28)26(10-14)17-6-5-15(22)9-16(17)23/h3-7,9,14H,8,10-11H2,1-2H3,(H,24,27)(H,25,29). The van der Waals surface area contributed by atoms with Crippen LogP contribution in [0.15, 0.2) is 36.4 Å². The zero-order chi connectivity index (χ0) is 21.8. The largest absolute Gasteiger partial charge is 0.483 e. The number of anilines is 1. The third-order valence-corrected chi connectivity index (χ3v) is 4.72. The molecule has 2 aromatic rings. The van der Waals surface area contributed by atoms with Crippen LogP contribution in [0.2, 0.25) is 0 Å². The molecule has 2 N–H and O–H groups in total. The Morgan fingerprint density at radius 2 is 1.90 bits per heavy atom. The minimum Gasteiger partial charge on any atom is -0.483 e. The van der Waals surface area contributed by atoms with Gasteiger partial charge in [0.05, 0.1) is 11.6 Å². The normalized spacial score (nSPS) is 15.8. The molecule has 3 amide bonds. The Kier molecular flexibility index (Phi) is 6.29. The third-order valence-electron chi connectivity index (χ3n) is 4.72. The fraction of sp³-hybridized carbons (Fsp3) is 0.286. The van der Waals surface area contributed by atoms with Gasteiger partial charge in [-0.25, -0.2) is 8.78 Å². The molecule has 1 fully saturated rings.